The molecule has 1 N–H and O–H groups in total. The maximum absolute atomic E-state index is 12.2. The summed E-state index contributed by atoms with van der Waals surface area (Å²) >= 11 is 2.10. The van der Waals surface area contributed by atoms with E-state index in [4.69, 9.17) is 4.74 Å². The molecule has 0 amide bonds. The first-order valence-corrected chi connectivity index (χ1v) is 9.20. The fraction of sp³-hybridized carbons (Fsp3) is 0.938. The molecule has 2 aliphatic carbocycles. The highest BCUT2D eigenvalue weighted by molar-refractivity contribution is 7.99. The first kappa shape index (κ1) is 16.2. The second-order valence-electron chi connectivity index (χ2n) is 6.31. The van der Waals surface area contributed by atoms with Gasteiger partial charge in [0.05, 0.1) is 7.11 Å². The van der Waals surface area contributed by atoms with E-state index in [0.717, 1.165) is 31.7 Å². The van der Waals surface area contributed by atoms with Crippen LogP contribution >= 0.6 is 11.8 Å². The van der Waals surface area contributed by atoms with Crippen molar-refractivity contribution in [3.05, 3.63) is 0 Å². The van der Waals surface area contributed by atoms with Crippen molar-refractivity contribution in [3.8, 4) is 0 Å². The topological polar surface area (TPSA) is 38.3 Å². The van der Waals surface area contributed by atoms with E-state index in [-0.39, 0.29) is 5.97 Å². The monoisotopic (exact) mass is 299 g/mol. The van der Waals surface area contributed by atoms with Crippen LogP contribution < -0.4 is 5.32 Å². The summed E-state index contributed by atoms with van der Waals surface area (Å²) in [5.74, 6) is 2.15. The van der Waals surface area contributed by atoms with E-state index >= 15 is 0 Å². The van der Waals surface area contributed by atoms with E-state index in [2.05, 4.69) is 24.0 Å². The van der Waals surface area contributed by atoms with E-state index in [9.17, 15) is 4.79 Å². The molecule has 0 saturated heterocycles. The molecule has 0 bridgehead atoms. The first-order valence-electron chi connectivity index (χ1n) is 8.15. The Balaban J connectivity index is 1.89. The van der Waals surface area contributed by atoms with Gasteiger partial charge in [0.1, 0.15) is 5.54 Å². The van der Waals surface area contributed by atoms with Gasteiger partial charge in [-0.15, -0.1) is 0 Å². The molecule has 2 saturated carbocycles. The van der Waals surface area contributed by atoms with Crippen molar-refractivity contribution >= 4 is 17.7 Å². The number of nitrogens with one attached hydrogen (secondary N) is 1. The molecule has 0 radical (unpaired) electrons. The maximum Gasteiger partial charge on any atom is 0.326 e. The molecule has 2 atom stereocenters. The molecule has 116 valence electrons. The quantitative estimate of drug-likeness (QED) is 0.763. The zero-order valence-electron chi connectivity index (χ0n) is 13.0. The van der Waals surface area contributed by atoms with Gasteiger partial charge in [0.2, 0.25) is 0 Å². The summed E-state index contributed by atoms with van der Waals surface area (Å²) < 4.78 is 5.06. The van der Waals surface area contributed by atoms with Crippen LogP contribution in [0.25, 0.3) is 0 Å². The molecule has 4 heteroatoms. The third kappa shape index (κ3) is 3.91. The number of hydrogen-bond acceptors (Lipinski definition) is 4. The van der Waals surface area contributed by atoms with Crippen LogP contribution in [-0.4, -0.2) is 36.2 Å². The van der Waals surface area contributed by atoms with Crippen LogP contribution in [0.3, 0.4) is 0 Å². The van der Waals surface area contributed by atoms with Crippen molar-refractivity contribution in [2.75, 3.05) is 19.4 Å². The van der Waals surface area contributed by atoms with Crippen LogP contribution in [0.4, 0.5) is 0 Å². The minimum absolute atomic E-state index is 0.0643. The number of likely N-dealkylation sites (N-methyl/N-ethyl adjacent to an activating group) is 1. The first-order chi connectivity index (χ1) is 9.70. The Labute approximate surface area is 127 Å². The predicted molar refractivity (Wildman–Crippen MR) is 85.1 cm³/mol. The average Bonchev–Trinajstić information content (AvgIpc) is 2.98. The summed E-state index contributed by atoms with van der Waals surface area (Å²) in [7, 11) is 1.51. The second kappa shape index (κ2) is 7.69. The van der Waals surface area contributed by atoms with E-state index in [0.29, 0.717) is 5.25 Å². The van der Waals surface area contributed by atoms with E-state index < -0.39 is 5.54 Å². The molecule has 0 spiro atoms. The van der Waals surface area contributed by atoms with E-state index in [1.807, 2.05) is 0 Å². The van der Waals surface area contributed by atoms with Crippen LogP contribution in [0.15, 0.2) is 0 Å². The van der Waals surface area contributed by atoms with Crippen molar-refractivity contribution in [1.82, 2.24) is 5.32 Å². The van der Waals surface area contributed by atoms with Crippen molar-refractivity contribution in [1.29, 1.82) is 0 Å². The lowest BCUT2D eigenvalue weighted by atomic mass is 9.81. The summed E-state index contributed by atoms with van der Waals surface area (Å²) in [6, 6.07) is 0. The lowest BCUT2D eigenvalue weighted by Crippen LogP contribution is -2.56. The Kier molecular flexibility index (Phi) is 6.21. The Bertz CT molecular complexity index is 314. The molecule has 2 fully saturated rings. The zero-order valence-corrected chi connectivity index (χ0v) is 13.8. The lowest BCUT2D eigenvalue weighted by molar-refractivity contribution is -0.150. The zero-order chi connectivity index (χ0) is 14.4. The van der Waals surface area contributed by atoms with E-state index in [1.54, 1.807) is 0 Å². The number of rotatable bonds is 6. The van der Waals surface area contributed by atoms with Crippen LogP contribution in [0, 0.1) is 5.92 Å². The number of hydrogen-bond donors (Lipinski definition) is 1. The van der Waals surface area contributed by atoms with Gasteiger partial charge in [-0.05, 0) is 56.7 Å². The van der Waals surface area contributed by atoms with Gasteiger partial charge in [-0.1, -0.05) is 19.8 Å². The van der Waals surface area contributed by atoms with Crippen molar-refractivity contribution in [2.24, 2.45) is 5.92 Å². The Morgan fingerprint density at radius 1 is 1.30 bits per heavy atom. The second-order valence-corrected chi connectivity index (χ2v) is 7.64. The number of thioether (sulfide) groups is 1. The fourth-order valence-corrected chi connectivity index (χ4v) is 5.38. The lowest BCUT2D eigenvalue weighted by Gasteiger charge is -2.39. The Hall–Kier alpha value is -0.220. The van der Waals surface area contributed by atoms with Crippen LogP contribution in [0.2, 0.25) is 0 Å². The molecule has 2 rings (SSSR count). The molecule has 0 aromatic heterocycles. The van der Waals surface area contributed by atoms with E-state index in [1.165, 1.54) is 45.0 Å². The van der Waals surface area contributed by atoms with Crippen molar-refractivity contribution < 1.29 is 9.53 Å². The SMILES string of the molecule is CCNC1(C(=O)OC)CCCC(SCC2CCCC2)C1. The van der Waals surface area contributed by atoms with Gasteiger partial charge in [-0.2, -0.15) is 11.8 Å². The molecule has 0 aliphatic heterocycles. The van der Waals surface area contributed by atoms with Crippen LogP contribution in [0.1, 0.15) is 58.3 Å². The molecular formula is C16H29NO2S. The number of ether oxygens (including phenoxy) is 1. The molecule has 0 heterocycles. The number of esters is 1. The van der Waals surface area contributed by atoms with Gasteiger partial charge >= 0.3 is 5.97 Å². The smallest absolute Gasteiger partial charge is 0.326 e. The summed E-state index contributed by atoms with van der Waals surface area (Å²) in [5.41, 5.74) is -0.422. The van der Waals surface area contributed by atoms with Crippen LogP contribution in [-0.2, 0) is 9.53 Å². The standard InChI is InChI=1S/C16H29NO2S/c1-3-17-16(15(18)19-2)10-6-9-14(11-16)20-12-13-7-4-5-8-13/h13-14,17H,3-12H2,1-2H3. The fourth-order valence-electron chi connectivity index (χ4n) is 3.77. The van der Waals surface area contributed by atoms with Crippen LogP contribution in [0.5, 0.6) is 0 Å². The summed E-state index contributed by atoms with van der Waals surface area (Å²) in [6.45, 7) is 2.90. The molecule has 3 nitrogen and oxygen atoms in total. The summed E-state index contributed by atoms with van der Waals surface area (Å²) in [6.07, 6.45) is 9.90. The third-order valence-electron chi connectivity index (χ3n) is 4.84. The van der Waals surface area contributed by atoms with Gasteiger partial charge in [0.25, 0.3) is 0 Å². The average molecular weight is 299 g/mol. The molecular weight excluding hydrogens is 270 g/mol. The summed E-state index contributed by atoms with van der Waals surface area (Å²) in [4.78, 5) is 12.2. The Morgan fingerprint density at radius 2 is 2.05 bits per heavy atom. The highest BCUT2D eigenvalue weighted by Crippen LogP contribution is 2.38. The van der Waals surface area contributed by atoms with Gasteiger partial charge in [0, 0.05) is 5.25 Å². The predicted octanol–water partition coefficient (Wildman–Crippen LogP) is 3.37. The van der Waals surface area contributed by atoms with Gasteiger partial charge < -0.3 is 10.1 Å². The van der Waals surface area contributed by atoms with Gasteiger partial charge in [-0.3, -0.25) is 4.79 Å². The molecule has 2 unspecified atom stereocenters. The molecule has 0 aromatic rings. The minimum atomic E-state index is -0.422. The number of carbonyl (C=O) groups excluding carboxylic acids is 1. The normalized spacial score (nSPS) is 31.4. The summed E-state index contributed by atoms with van der Waals surface area (Å²) in [5, 5.41) is 4.03. The number of carbonyl (C=O) groups is 1. The highest BCUT2D eigenvalue weighted by Gasteiger charge is 2.43. The van der Waals surface area contributed by atoms with Crippen molar-refractivity contribution in [2.45, 2.75) is 69.1 Å². The van der Waals surface area contributed by atoms with Gasteiger partial charge in [-0.25, -0.2) is 0 Å². The minimum Gasteiger partial charge on any atom is -0.468 e. The van der Waals surface area contributed by atoms with Gasteiger partial charge in [0.15, 0.2) is 0 Å². The molecule has 20 heavy (non-hydrogen) atoms. The number of methoxy groups -OCH3 is 1. The highest BCUT2D eigenvalue weighted by atomic mass is 32.2. The Morgan fingerprint density at radius 3 is 2.70 bits per heavy atom. The largest absolute Gasteiger partial charge is 0.468 e. The molecule has 2 aliphatic rings. The third-order valence-corrected chi connectivity index (χ3v) is 6.38. The van der Waals surface area contributed by atoms with Crippen molar-refractivity contribution in [3.63, 3.8) is 0 Å². The maximum atomic E-state index is 12.2. The molecule has 0 aromatic carbocycles.